The van der Waals surface area contributed by atoms with Crippen molar-refractivity contribution < 1.29 is 5.11 Å². The molecule has 1 rings (SSSR count). The van der Waals surface area contributed by atoms with Crippen molar-refractivity contribution >= 4 is 0 Å². The standard InChI is InChI=1S/C8H8N2O/c1-3-8(2,11)7-4-5-9-6-10-7/h1,4-6,11H,2H3. The second kappa shape index (κ2) is 2.69. The molecule has 1 heterocycles. The molecule has 1 unspecified atom stereocenters. The quantitative estimate of drug-likeness (QED) is 0.583. The first-order valence-electron chi connectivity index (χ1n) is 3.13. The minimum atomic E-state index is -1.29. The zero-order valence-electron chi connectivity index (χ0n) is 6.15. The van der Waals surface area contributed by atoms with E-state index in [2.05, 4.69) is 15.9 Å². The lowest BCUT2D eigenvalue weighted by atomic mass is 10.0. The third-order valence-corrected chi connectivity index (χ3v) is 1.36. The molecule has 1 N–H and O–H groups in total. The molecule has 11 heavy (non-hydrogen) atoms. The van der Waals surface area contributed by atoms with Gasteiger partial charge in [0.1, 0.15) is 6.33 Å². The topological polar surface area (TPSA) is 46.0 Å². The molecule has 1 aromatic heterocycles. The van der Waals surface area contributed by atoms with E-state index in [1.54, 1.807) is 6.07 Å². The molecule has 0 aliphatic rings. The van der Waals surface area contributed by atoms with Gasteiger partial charge in [-0.1, -0.05) is 5.92 Å². The van der Waals surface area contributed by atoms with Crippen LogP contribution in [0.15, 0.2) is 18.6 Å². The van der Waals surface area contributed by atoms with Crippen LogP contribution in [0.5, 0.6) is 0 Å². The van der Waals surface area contributed by atoms with Gasteiger partial charge in [-0.15, -0.1) is 6.42 Å². The summed E-state index contributed by atoms with van der Waals surface area (Å²) in [5, 5.41) is 9.47. The predicted octanol–water partition coefficient (Wildman–Crippen LogP) is 0.317. The average Bonchev–Trinajstić information content (AvgIpc) is 2.06. The average molecular weight is 148 g/mol. The Labute approximate surface area is 65.1 Å². The molecule has 0 spiro atoms. The van der Waals surface area contributed by atoms with E-state index in [-0.39, 0.29) is 0 Å². The molecule has 0 bridgehead atoms. The Bertz CT molecular complexity index is 274. The summed E-state index contributed by atoms with van der Waals surface area (Å²) in [6.45, 7) is 1.51. The van der Waals surface area contributed by atoms with Crippen LogP contribution >= 0.6 is 0 Å². The van der Waals surface area contributed by atoms with Crippen LogP contribution in [0.4, 0.5) is 0 Å². The van der Waals surface area contributed by atoms with Crippen LogP contribution in [0.3, 0.4) is 0 Å². The highest BCUT2D eigenvalue weighted by Crippen LogP contribution is 2.14. The number of hydrogen-bond acceptors (Lipinski definition) is 3. The molecule has 0 aliphatic carbocycles. The maximum absolute atomic E-state index is 9.47. The second-order valence-corrected chi connectivity index (χ2v) is 2.31. The molecule has 0 amide bonds. The maximum atomic E-state index is 9.47. The van der Waals surface area contributed by atoms with Crippen LogP contribution < -0.4 is 0 Å². The summed E-state index contributed by atoms with van der Waals surface area (Å²) in [5.41, 5.74) is -0.849. The largest absolute Gasteiger partial charge is 0.372 e. The summed E-state index contributed by atoms with van der Waals surface area (Å²) >= 11 is 0. The first-order valence-corrected chi connectivity index (χ1v) is 3.13. The van der Waals surface area contributed by atoms with Crippen LogP contribution in [0.1, 0.15) is 12.6 Å². The lowest BCUT2D eigenvalue weighted by Crippen LogP contribution is -2.19. The molecule has 0 saturated heterocycles. The Morgan fingerprint density at radius 1 is 1.73 bits per heavy atom. The minimum absolute atomic E-state index is 0.440. The van der Waals surface area contributed by atoms with Crippen molar-refractivity contribution in [1.29, 1.82) is 0 Å². The monoisotopic (exact) mass is 148 g/mol. The summed E-state index contributed by atoms with van der Waals surface area (Å²) in [7, 11) is 0. The molecular formula is C8H8N2O. The molecule has 0 aliphatic heterocycles. The lowest BCUT2D eigenvalue weighted by molar-refractivity contribution is 0.117. The predicted molar refractivity (Wildman–Crippen MR) is 40.4 cm³/mol. The van der Waals surface area contributed by atoms with Gasteiger partial charge in [-0.3, -0.25) is 0 Å². The SMILES string of the molecule is C#CC(C)(O)c1ccncn1. The number of aromatic nitrogens is 2. The second-order valence-electron chi connectivity index (χ2n) is 2.31. The van der Waals surface area contributed by atoms with Crippen molar-refractivity contribution in [3.8, 4) is 12.3 Å². The van der Waals surface area contributed by atoms with Gasteiger partial charge in [0.25, 0.3) is 0 Å². The van der Waals surface area contributed by atoms with Crippen molar-refractivity contribution in [2.24, 2.45) is 0 Å². The molecule has 3 nitrogen and oxygen atoms in total. The molecule has 0 saturated carbocycles. The molecule has 3 heteroatoms. The molecule has 1 atom stereocenters. The van der Waals surface area contributed by atoms with Gasteiger partial charge < -0.3 is 5.11 Å². The van der Waals surface area contributed by atoms with Crippen molar-refractivity contribution in [2.75, 3.05) is 0 Å². The van der Waals surface area contributed by atoms with E-state index in [1.165, 1.54) is 19.4 Å². The highest BCUT2D eigenvalue weighted by molar-refractivity contribution is 5.20. The van der Waals surface area contributed by atoms with Gasteiger partial charge in [0, 0.05) is 6.20 Å². The van der Waals surface area contributed by atoms with Crippen LogP contribution in [0, 0.1) is 12.3 Å². The normalized spacial score (nSPS) is 15.0. The van der Waals surface area contributed by atoms with E-state index in [0.717, 1.165) is 0 Å². The van der Waals surface area contributed by atoms with E-state index in [9.17, 15) is 5.11 Å². The Balaban J connectivity index is 3.05. The molecule has 0 aromatic carbocycles. The first-order chi connectivity index (χ1) is 5.17. The van der Waals surface area contributed by atoms with E-state index in [1.807, 2.05) is 0 Å². The fourth-order valence-corrected chi connectivity index (χ4v) is 0.653. The number of rotatable bonds is 1. The van der Waals surface area contributed by atoms with Crippen molar-refractivity contribution in [3.05, 3.63) is 24.3 Å². The van der Waals surface area contributed by atoms with Gasteiger partial charge in [-0.2, -0.15) is 0 Å². The van der Waals surface area contributed by atoms with Crippen molar-refractivity contribution in [1.82, 2.24) is 9.97 Å². The van der Waals surface area contributed by atoms with Crippen LogP contribution in [0.2, 0.25) is 0 Å². The fraction of sp³-hybridized carbons (Fsp3) is 0.250. The summed E-state index contributed by atoms with van der Waals surface area (Å²) in [6, 6.07) is 1.58. The molecule has 1 aromatic rings. The summed E-state index contributed by atoms with van der Waals surface area (Å²) in [6.07, 6.45) is 7.96. The van der Waals surface area contributed by atoms with Crippen LogP contribution in [0.25, 0.3) is 0 Å². The summed E-state index contributed by atoms with van der Waals surface area (Å²) < 4.78 is 0. The number of hydrogen-bond donors (Lipinski definition) is 1. The third kappa shape index (κ3) is 1.54. The third-order valence-electron chi connectivity index (χ3n) is 1.36. The van der Waals surface area contributed by atoms with E-state index in [0.29, 0.717) is 5.69 Å². The Kier molecular flexibility index (Phi) is 1.88. The maximum Gasteiger partial charge on any atom is 0.164 e. The number of terminal acetylenes is 1. The molecule has 0 radical (unpaired) electrons. The highest BCUT2D eigenvalue weighted by Gasteiger charge is 2.20. The van der Waals surface area contributed by atoms with Gasteiger partial charge >= 0.3 is 0 Å². The highest BCUT2D eigenvalue weighted by atomic mass is 16.3. The van der Waals surface area contributed by atoms with Gasteiger partial charge in [0.15, 0.2) is 5.60 Å². The summed E-state index contributed by atoms with van der Waals surface area (Å²) in [4.78, 5) is 7.52. The zero-order chi connectivity index (χ0) is 8.32. The molecule has 0 fully saturated rings. The van der Waals surface area contributed by atoms with E-state index in [4.69, 9.17) is 6.42 Å². The van der Waals surface area contributed by atoms with Crippen LogP contribution in [-0.2, 0) is 5.60 Å². The van der Waals surface area contributed by atoms with E-state index >= 15 is 0 Å². The number of nitrogens with zero attached hydrogens (tertiary/aromatic N) is 2. The Morgan fingerprint density at radius 2 is 2.45 bits per heavy atom. The molecule has 56 valence electrons. The Morgan fingerprint density at radius 3 is 2.91 bits per heavy atom. The van der Waals surface area contributed by atoms with Crippen LogP contribution in [-0.4, -0.2) is 15.1 Å². The van der Waals surface area contributed by atoms with Crippen molar-refractivity contribution in [2.45, 2.75) is 12.5 Å². The minimum Gasteiger partial charge on any atom is -0.372 e. The zero-order valence-corrected chi connectivity index (χ0v) is 6.15. The lowest BCUT2D eigenvalue weighted by Gasteiger charge is -2.13. The Hall–Kier alpha value is -1.40. The smallest absolute Gasteiger partial charge is 0.164 e. The van der Waals surface area contributed by atoms with Crippen molar-refractivity contribution in [3.63, 3.8) is 0 Å². The number of aliphatic hydroxyl groups is 1. The van der Waals surface area contributed by atoms with Gasteiger partial charge in [0.05, 0.1) is 5.69 Å². The molecular weight excluding hydrogens is 140 g/mol. The fourth-order valence-electron chi connectivity index (χ4n) is 0.653. The summed E-state index contributed by atoms with van der Waals surface area (Å²) in [5.74, 6) is 2.22. The van der Waals surface area contributed by atoms with Gasteiger partial charge in [-0.05, 0) is 13.0 Å². The first kappa shape index (κ1) is 7.70. The van der Waals surface area contributed by atoms with E-state index < -0.39 is 5.60 Å². The van der Waals surface area contributed by atoms with Gasteiger partial charge in [0.2, 0.25) is 0 Å². The van der Waals surface area contributed by atoms with Gasteiger partial charge in [-0.25, -0.2) is 9.97 Å².